The number of hydrogen-bond donors (Lipinski definition) is 2. The van der Waals surface area contributed by atoms with E-state index in [9.17, 15) is 0 Å². The van der Waals surface area contributed by atoms with Gasteiger partial charge in [0.2, 0.25) is 0 Å². The topological polar surface area (TPSA) is 0 Å². The Labute approximate surface area is 107 Å². The molecule has 88 valence electrons. The summed E-state index contributed by atoms with van der Waals surface area (Å²) in [6.45, 7) is 11.4. The van der Waals surface area contributed by atoms with Crippen LogP contribution in [-0.2, 0) is 0 Å². The summed E-state index contributed by atoms with van der Waals surface area (Å²) < 4.78 is 0.167. The lowest BCUT2D eigenvalue weighted by atomic mass is 9.73. The normalized spacial score (nSPS) is 37.1. The van der Waals surface area contributed by atoms with Gasteiger partial charge in [-0.2, -0.15) is 25.3 Å². The van der Waals surface area contributed by atoms with E-state index in [1.165, 1.54) is 0 Å². The lowest BCUT2D eigenvalue weighted by Crippen LogP contribution is -2.24. The van der Waals surface area contributed by atoms with Gasteiger partial charge in [-0.15, -0.1) is 0 Å². The highest BCUT2D eigenvalue weighted by atomic mass is 32.1. The molecule has 0 aromatic rings. The van der Waals surface area contributed by atoms with Crippen molar-refractivity contribution in [1.82, 2.24) is 0 Å². The fraction of sp³-hybridized carbons (Fsp3) is 1.00. The van der Waals surface area contributed by atoms with E-state index in [0.29, 0.717) is 5.25 Å². The zero-order chi connectivity index (χ0) is 12.0. The minimum absolute atomic E-state index is 0.167. The highest BCUT2D eigenvalue weighted by Gasteiger charge is 2.57. The van der Waals surface area contributed by atoms with Crippen molar-refractivity contribution >= 4 is 33.1 Å². The lowest BCUT2D eigenvalue weighted by molar-refractivity contribution is 0.396. The van der Waals surface area contributed by atoms with E-state index < -0.39 is 0 Å². The molecule has 0 nitrogen and oxygen atoms in total. The van der Waals surface area contributed by atoms with Gasteiger partial charge in [-0.1, -0.05) is 40.4 Å². The van der Waals surface area contributed by atoms with Gasteiger partial charge in [0.15, 0.2) is 0 Å². The standard InChI is InChI=1S/C12H25BS2/c1-6-9(11(6)12(4,5)15)10(7(2)13)8(3)14/h6-11,14-15H,13H2,1-5H3. The molecule has 1 aliphatic rings. The molecular formula is C12H25BS2. The molecular weight excluding hydrogens is 219 g/mol. The summed E-state index contributed by atoms with van der Waals surface area (Å²) in [5.74, 6) is 3.87. The molecule has 0 aromatic carbocycles. The summed E-state index contributed by atoms with van der Waals surface area (Å²) in [6, 6.07) is 0. The van der Waals surface area contributed by atoms with Gasteiger partial charge in [-0.05, 0) is 23.7 Å². The summed E-state index contributed by atoms with van der Waals surface area (Å²) in [5.41, 5.74) is 0. The SMILES string of the molecule is BC(C)C(C(C)S)C1C(C)C1C(C)(C)S. The van der Waals surface area contributed by atoms with Crippen LogP contribution in [-0.4, -0.2) is 17.8 Å². The summed E-state index contributed by atoms with van der Waals surface area (Å²) in [5, 5.41) is 0.498. The first-order chi connectivity index (χ1) is 6.68. The third-order valence-corrected chi connectivity index (χ3v) is 4.68. The van der Waals surface area contributed by atoms with Crippen LogP contribution in [0.3, 0.4) is 0 Å². The molecule has 15 heavy (non-hydrogen) atoms. The van der Waals surface area contributed by atoms with Crippen LogP contribution < -0.4 is 0 Å². The van der Waals surface area contributed by atoms with Gasteiger partial charge in [0.05, 0.1) is 0 Å². The fourth-order valence-electron chi connectivity index (χ4n) is 3.52. The molecule has 3 heteroatoms. The average molecular weight is 244 g/mol. The van der Waals surface area contributed by atoms with Crippen molar-refractivity contribution in [2.24, 2.45) is 23.7 Å². The monoisotopic (exact) mass is 244 g/mol. The quantitative estimate of drug-likeness (QED) is 0.551. The maximum Gasteiger partial charge on any atom is 0.105 e. The van der Waals surface area contributed by atoms with Crippen molar-refractivity contribution in [2.45, 2.75) is 50.4 Å². The summed E-state index contributed by atoms with van der Waals surface area (Å²) in [7, 11) is 2.32. The molecule has 1 saturated carbocycles. The first kappa shape index (κ1) is 13.8. The Morgan fingerprint density at radius 3 is 1.93 bits per heavy atom. The molecule has 1 aliphatic carbocycles. The van der Waals surface area contributed by atoms with Crippen molar-refractivity contribution in [2.75, 3.05) is 0 Å². The van der Waals surface area contributed by atoms with E-state index in [1.54, 1.807) is 0 Å². The van der Waals surface area contributed by atoms with Gasteiger partial charge in [0.1, 0.15) is 7.85 Å². The highest BCUT2D eigenvalue weighted by Crippen LogP contribution is 2.60. The van der Waals surface area contributed by atoms with E-state index in [-0.39, 0.29) is 4.75 Å². The average Bonchev–Trinajstić information content (AvgIpc) is 2.58. The highest BCUT2D eigenvalue weighted by molar-refractivity contribution is 7.81. The Bertz CT molecular complexity index is 212. The second-order valence-electron chi connectivity index (χ2n) is 6.18. The largest absolute Gasteiger partial charge is 0.176 e. The number of hydrogen-bond acceptors (Lipinski definition) is 2. The predicted octanol–water partition coefficient (Wildman–Crippen LogP) is 2.95. The van der Waals surface area contributed by atoms with Gasteiger partial charge in [0, 0.05) is 10.00 Å². The summed E-state index contributed by atoms with van der Waals surface area (Å²) >= 11 is 9.40. The zero-order valence-electron chi connectivity index (χ0n) is 10.9. The molecule has 1 fully saturated rings. The molecule has 0 amide bonds. The molecule has 0 aromatic heterocycles. The molecule has 0 heterocycles. The Kier molecular flexibility index (Phi) is 4.21. The Hall–Kier alpha value is 0.765. The maximum atomic E-state index is 4.74. The lowest BCUT2D eigenvalue weighted by Gasteiger charge is -2.27. The van der Waals surface area contributed by atoms with Gasteiger partial charge in [-0.25, -0.2) is 0 Å². The Morgan fingerprint density at radius 1 is 1.27 bits per heavy atom. The van der Waals surface area contributed by atoms with Crippen molar-refractivity contribution in [3.8, 4) is 0 Å². The second kappa shape index (κ2) is 4.56. The van der Waals surface area contributed by atoms with Crippen molar-refractivity contribution in [1.29, 1.82) is 0 Å². The fourth-order valence-corrected chi connectivity index (χ4v) is 4.47. The minimum atomic E-state index is 0.167. The van der Waals surface area contributed by atoms with Gasteiger partial charge >= 0.3 is 0 Å². The Morgan fingerprint density at radius 2 is 1.73 bits per heavy atom. The summed E-state index contributed by atoms with van der Waals surface area (Å²) in [4.78, 5) is 0. The van der Waals surface area contributed by atoms with E-state index in [0.717, 1.165) is 29.5 Å². The van der Waals surface area contributed by atoms with E-state index in [1.807, 2.05) is 0 Å². The van der Waals surface area contributed by atoms with Crippen LogP contribution in [0.15, 0.2) is 0 Å². The van der Waals surface area contributed by atoms with Crippen molar-refractivity contribution in [3.05, 3.63) is 0 Å². The third kappa shape index (κ3) is 2.91. The van der Waals surface area contributed by atoms with Crippen LogP contribution in [0.1, 0.15) is 34.6 Å². The van der Waals surface area contributed by atoms with E-state index >= 15 is 0 Å². The van der Waals surface area contributed by atoms with Gasteiger partial charge in [-0.3, -0.25) is 0 Å². The third-order valence-electron chi connectivity index (χ3n) is 4.03. The molecule has 0 radical (unpaired) electrons. The van der Waals surface area contributed by atoms with Crippen LogP contribution >= 0.6 is 25.3 Å². The molecule has 6 unspecified atom stereocenters. The van der Waals surface area contributed by atoms with E-state index in [2.05, 4.69) is 55.1 Å². The van der Waals surface area contributed by atoms with Crippen molar-refractivity contribution in [3.63, 3.8) is 0 Å². The molecule has 0 N–H and O–H groups in total. The first-order valence-electron chi connectivity index (χ1n) is 6.08. The zero-order valence-corrected chi connectivity index (χ0v) is 12.6. The molecule has 0 aliphatic heterocycles. The number of rotatable bonds is 4. The predicted molar refractivity (Wildman–Crippen MR) is 79.1 cm³/mol. The molecule has 0 saturated heterocycles. The van der Waals surface area contributed by atoms with Gasteiger partial charge in [0.25, 0.3) is 0 Å². The number of thiol groups is 2. The Balaban J connectivity index is 2.74. The van der Waals surface area contributed by atoms with Crippen LogP contribution in [0.25, 0.3) is 0 Å². The first-order valence-corrected chi connectivity index (χ1v) is 7.04. The molecule has 0 bridgehead atoms. The maximum absolute atomic E-state index is 4.74. The summed E-state index contributed by atoms with van der Waals surface area (Å²) in [6.07, 6.45) is 0. The molecule has 1 rings (SSSR count). The van der Waals surface area contributed by atoms with Crippen molar-refractivity contribution < 1.29 is 0 Å². The second-order valence-corrected chi connectivity index (χ2v) is 8.15. The van der Waals surface area contributed by atoms with E-state index in [4.69, 9.17) is 12.6 Å². The minimum Gasteiger partial charge on any atom is -0.176 e. The van der Waals surface area contributed by atoms with Gasteiger partial charge < -0.3 is 0 Å². The molecule has 0 spiro atoms. The van der Waals surface area contributed by atoms with Crippen LogP contribution in [0.2, 0.25) is 5.82 Å². The van der Waals surface area contributed by atoms with Crippen LogP contribution in [0, 0.1) is 23.7 Å². The molecule has 6 atom stereocenters. The smallest absolute Gasteiger partial charge is 0.105 e. The van der Waals surface area contributed by atoms with Crippen LogP contribution in [0.5, 0.6) is 0 Å². The van der Waals surface area contributed by atoms with Crippen LogP contribution in [0.4, 0.5) is 0 Å².